The lowest BCUT2D eigenvalue weighted by atomic mass is 9.67. The smallest absolute Gasteiger partial charge is 0.342 e. The van der Waals surface area contributed by atoms with E-state index in [4.69, 9.17) is 11.6 Å². The van der Waals surface area contributed by atoms with Crippen LogP contribution >= 0.6 is 11.6 Å². The minimum absolute atomic E-state index is 0.154. The molecule has 41 heavy (non-hydrogen) atoms. The van der Waals surface area contributed by atoms with Gasteiger partial charge in [-0.3, -0.25) is 9.59 Å². The van der Waals surface area contributed by atoms with Crippen LogP contribution in [0.5, 0.6) is 0 Å². The molecule has 7 nitrogen and oxygen atoms in total. The zero-order valence-corrected chi connectivity index (χ0v) is 22.9. The van der Waals surface area contributed by atoms with Gasteiger partial charge in [-0.15, -0.1) is 0 Å². The molecule has 0 bridgehead atoms. The number of urea groups is 1. The van der Waals surface area contributed by atoms with E-state index in [0.29, 0.717) is 36.0 Å². The molecule has 0 aromatic heterocycles. The monoisotopic (exact) mass is 562 g/mol. The summed E-state index contributed by atoms with van der Waals surface area (Å²) < 4.78 is 0. The second kappa shape index (κ2) is 9.78. The van der Waals surface area contributed by atoms with Gasteiger partial charge in [0.1, 0.15) is 0 Å². The normalized spacial score (nSPS) is 19.8. The molecule has 4 aromatic carbocycles. The van der Waals surface area contributed by atoms with E-state index in [0.717, 1.165) is 16.9 Å². The van der Waals surface area contributed by atoms with E-state index in [2.05, 4.69) is 9.80 Å². The van der Waals surface area contributed by atoms with Crippen LogP contribution in [0.3, 0.4) is 0 Å². The number of rotatable bonds is 3. The van der Waals surface area contributed by atoms with Crippen LogP contribution in [0.15, 0.2) is 109 Å². The Bertz CT molecular complexity index is 1590. The molecule has 1 spiro atoms. The molecule has 7 rings (SSSR count). The molecule has 0 saturated carbocycles. The molecule has 3 aliphatic rings. The lowest BCUT2D eigenvalue weighted by Gasteiger charge is -2.57. The van der Waals surface area contributed by atoms with Crippen LogP contribution in [0.4, 0.5) is 27.5 Å². The number of para-hydroxylation sites is 3. The maximum atomic E-state index is 14.9. The number of fused-ring (bicyclic) bond motifs is 4. The maximum Gasteiger partial charge on any atom is 0.342 e. The molecule has 2 saturated heterocycles. The largest absolute Gasteiger partial charge is 0.368 e. The van der Waals surface area contributed by atoms with Crippen molar-refractivity contribution in [2.75, 3.05) is 39.2 Å². The molecule has 2 fully saturated rings. The van der Waals surface area contributed by atoms with Crippen molar-refractivity contribution < 1.29 is 14.4 Å². The highest BCUT2D eigenvalue weighted by molar-refractivity contribution is 6.39. The van der Waals surface area contributed by atoms with Gasteiger partial charge in [0.2, 0.25) is 0 Å². The number of hydrogen-bond donors (Lipinski definition) is 0. The number of benzene rings is 4. The molecule has 3 heterocycles. The van der Waals surface area contributed by atoms with Crippen molar-refractivity contribution in [1.82, 2.24) is 0 Å². The summed E-state index contributed by atoms with van der Waals surface area (Å²) >= 11 is 6.46. The van der Waals surface area contributed by atoms with E-state index >= 15 is 0 Å². The fourth-order valence-corrected chi connectivity index (χ4v) is 6.71. The number of nitrogens with zero attached hydrogens (tertiary/aromatic N) is 4. The maximum absolute atomic E-state index is 14.9. The summed E-state index contributed by atoms with van der Waals surface area (Å²) in [6.45, 7) is 1.71. The summed E-state index contributed by atoms with van der Waals surface area (Å²) in [5.74, 6) is -1.01. The molecule has 0 aliphatic carbocycles. The number of hydrogen-bond acceptors (Lipinski definition) is 5. The molecule has 8 heteroatoms. The van der Waals surface area contributed by atoms with Crippen molar-refractivity contribution in [2.24, 2.45) is 5.41 Å². The number of amides is 4. The van der Waals surface area contributed by atoms with E-state index in [1.165, 1.54) is 9.80 Å². The van der Waals surface area contributed by atoms with Crippen LogP contribution in [-0.2, 0) is 16.0 Å². The lowest BCUT2D eigenvalue weighted by Crippen LogP contribution is -2.76. The van der Waals surface area contributed by atoms with Gasteiger partial charge in [-0.2, -0.15) is 0 Å². The second-order valence-corrected chi connectivity index (χ2v) is 11.1. The third-order valence-electron chi connectivity index (χ3n) is 8.48. The molecule has 4 aromatic rings. The van der Waals surface area contributed by atoms with Gasteiger partial charge in [-0.25, -0.2) is 14.6 Å². The minimum atomic E-state index is -1.56. The van der Waals surface area contributed by atoms with Gasteiger partial charge in [0.05, 0.1) is 17.4 Å². The third-order valence-corrected chi connectivity index (χ3v) is 8.71. The predicted octanol–water partition coefficient (Wildman–Crippen LogP) is 5.78. The average Bonchev–Trinajstić information content (AvgIpc) is 3.01. The fraction of sp³-hybridized carbons (Fsp3) is 0.182. The van der Waals surface area contributed by atoms with E-state index in [1.54, 1.807) is 54.6 Å². The number of carbonyl (C=O) groups excluding carboxylic acids is 3. The van der Waals surface area contributed by atoms with Gasteiger partial charge in [-0.1, -0.05) is 72.3 Å². The van der Waals surface area contributed by atoms with Gasteiger partial charge in [0, 0.05) is 36.0 Å². The van der Waals surface area contributed by atoms with Crippen molar-refractivity contribution in [2.45, 2.75) is 12.5 Å². The number of piperazine rings is 1. The lowest BCUT2D eigenvalue weighted by molar-refractivity contribution is -0.143. The average molecular weight is 563 g/mol. The van der Waals surface area contributed by atoms with E-state index in [1.807, 2.05) is 54.6 Å². The molecule has 1 unspecified atom stereocenters. The van der Waals surface area contributed by atoms with Crippen LogP contribution in [-0.4, -0.2) is 43.5 Å². The first-order valence-corrected chi connectivity index (χ1v) is 14.0. The first-order valence-electron chi connectivity index (χ1n) is 13.7. The first-order chi connectivity index (χ1) is 20.0. The first kappa shape index (κ1) is 25.4. The predicted molar refractivity (Wildman–Crippen MR) is 161 cm³/mol. The molecule has 0 radical (unpaired) electrons. The Morgan fingerprint density at radius 2 is 1.20 bits per heavy atom. The zero-order chi connectivity index (χ0) is 28.1. The van der Waals surface area contributed by atoms with Gasteiger partial charge in [0.25, 0.3) is 11.8 Å². The Labute approximate surface area is 243 Å². The molecule has 3 aliphatic heterocycles. The Kier molecular flexibility index (Phi) is 6.05. The van der Waals surface area contributed by atoms with Crippen molar-refractivity contribution in [3.63, 3.8) is 0 Å². The van der Waals surface area contributed by atoms with Gasteiger partial charge in [0.15, 0.2) is 5.41 Å². The Morgan fingerprint density at radius 3 is 1.76 bits per heavy atom. The Morgan fingerprint density at radius 1 is 0.659 bits per heavy atom. The number of halogens is 1. The summed E-state index contributed by atoms with van der Waals surface area (Å²) in [5, 5.41) is 0.595. The van der Waals surface area contributed by atoms with Gasteiger partial charge >= 0.3 is 6.03 Å². The molecular formula is C33H27ClN4O3. The van der Waals surface area contributed by atoms with Crippen molar-refractivity contribution in [3.8, 4) is 0 Å². The molecule has 0 N–H and O–H groups in total. The van der Waals surface area contributed by atoms with Gasteiger partial charge < -0.3 is 9.80 Å². The summed E-state index contributed by atoms with van der Waals surface area (Å²) in [6.07, 6.45) is 0.154. The highest BCUT2D eigenvalue weighted by Crippen LogP contribution is 2.49. The molecule has 204 valence electrons. The summed E-state index contributed by atoms with van der Waals surface area (Å²) in [6, 6.07) is 32.1. The Balaban J connectivity index is 1.45. The summed E-state index contributed by atoms with van der Waals surface area (Å²) in [7, 11) is 0. The quantitative estimate of drug-likeness (QED) is 0.296. The summed E-state index contributed by atoms with van der Waals surface area (Å²) in [4.78, 5) is 50.6. The topological polar surface area (TPSA) is 64.2 Å². The van der Waals surface area contributed by atoms with Crippen molar-refractivity contribution >= 4 is 52.2 Å². The molecular weight excluding hydrogens is 536 g/mol. The van der Waals surface area contributed by atoms with Crippen LogP contribution < -0.4 is 19.6 Å². The standard InChI is InChI=1S/C33H27ClN4O3/c34-24-17-16-23-21-33(29-22-35(25-10-4-1-5-11-25)18-19-36(29)28(23)20-24)30(39)37(26-12-6-2-7-13-26)32(41)38(31(33)40)27-14-8-3-9-15-27/h1-17,20,29H,18-19,21-22H2. The van der Waals surface area contributed by atoms with E-state index < -0.39 is 29.3 Å². The van der Waals surface area contributed by atoms with Crippen LogP contribution in [0.2, 0.25) is 5.02 Å². The van der Waals surface area contributed by atoms with Crippen LogP contribution in [0, 0.1) is 5.41 Å². The van der Waals surface area contributed by atoms with Crippen LogP contribution in [0.25, 0.3) is 0 Å². The minimum Gasteiger partial charge on any atom is -0.368 e. The van der Waals surface area contributed by atoms with Crippen molar-refractivity contribution in [1.29, 1.82) is 0 Å². The number of carbonyl (C=O) groups is 3. The second-order valence-electron chi connectivity index (χ2n) is 10.6. The number of imide groups is 2. The molecule has 1 atom stereocenters. The zero-order valence-electron chi connectivity index (χ0n) is 22.2. The van der Waals surface area contributed by atoms with E-state index in [-0.39, 0.29) is 6.42 Å². The van der Waals surface area contributed by atoms with E-state index in [9.17, 15) is 14.4 Å². The summed E-state index contributed by atoms with van der Waals surface area (Å²) in [5.41, 5.74) is 2.10. The number of anilines is 4. The highest BCUT2D eigenvalue weighted by Gasteiger charge is 2.65. The van der Waals surface area contributed by atoms with Crippen LogP contribution in [0.1, 0.15) is 5.56 Å². The van der Waals surface area contributed by atoms with Crippen molar-refractivity contribution in [3.05, 3.63) is 120 Å². The number of barbiturate groups is 1. The third kappa shape index (κ3) is 3.91. The van der Waals surface area contributed by atoms with Gasteiger partial charge in [-0.05, 0) is 60.5 Å². The highest BCUT2D eigenvalue weighted by atomic mass is 35.5. The SMILES string of the molecule is O=C1N(c2ccccc2)C(=O)C2(Cc3ccc(Cl)cc3N3CCN(c4ccccc4)CC32)C(=O)N1c1ccccc1. The Hall–Kier alpha value is -4.62. The molecule has 4 amide bonds. The fourth-order valence-electron chi connectivity index (χ4n) is 6.55.